The number of sulfone groups is 1. The van der Waals surface area contributed by atoms with Gasteiger partial charge in [0.2, 0.25) is 0 Å². The molecule has 1 fully saturated rings. The van der Waals surface area contributed by atoms with Gasteiger partial charge >= 0.3 is 0 Å². The Balaban J connectivity index is 3.00. The Kier molecular flexibility index (Phi) is 2.32. The van der Waals surface area contributed by atoms with E-state index in [0.29, 0.717) is 6.42 Å². The molecule has 0 aliphatic heterocycles. The van der Waals surface area contributed by atoms with E-state index in [1.807, 2.05) is 0 Å². The van der Waals surface area contributed by atoms with Crippen LogP contribution in [0.1, 0.15) is 19.3 Å². The van der Waals surface area contributed by atoms with Crippen LogP contribution in [0.4, 0.5) is 0 Å². The van der Waals surface area contributed by atoms with Gasteiger partial charge in [-0.25, -0.2) is 8.42 Å². The number of carbonyl (C=O) groups excluding carboxylic acids is 2. The normalized spacial score (nSPS) is 21.4. The third kappa shape index (κ3) is 1.72. The van der Waals surface area contributed by atoms with Gasteiger partial charge in [-0.15, -0.1) is 0 Å². The van der Waals surface area contributed by atoms with Gasteiger partial charge in [-0.2, -0.15) is 0 Å². The molecule has 0 spiro atoms. The Morgan fingerprint density at radius 3 is 1.83 bits per heavy atom. The van der Waals surface area contributed by atoms with Crippen molar-refractivity contribution in [2.75, 3.05) is 6.26 Å². The molecule has 0 heterocycles. The van der Waals surface area contributed by atoms with Crippen molar-refractivity contribution >= 4 is 21.4 Å². The van der Waals surface area contributed by atoms with E-state index < -0.39 is 26.7 Å². The lowest BCUT2D eigenvalue weighted by Crippen LogP contribution is -2.40. The Hall–Kier alpha value is -0.710. The number of Topliss-reactive ketones (excluding diaryl/α,β-unsaturated/α-hetero) is 2. The predicted molar refractivity (Wildman–Crippen MR) is 42.5 cm³/mol. The van der Waals surface area contributed by atoms with Crippen molar-refractivity contribution < 1.29 is 18.0 Å². The Morgan fingerprint density at radius 2 is 1.58 bits per heavy atom. The Bertz CT molecular complexity index is 298. The summed E-state index contributed by atoms with van der Waals surface area (Å²) < 4.78 is 21.9. The molecule has 68 valence electrons. The molecule has 1 rings (SSSR count). The molecular formula is C7H10O4S. The minimum absolute atomic E-state index is 0.212. The molecule has 0 amide bonds. The first-order valence-electron chi connectivity index (χ1n) is 3.67. The van der Waals surface area contributed by atoms with Gasteiger partial charge in [-0.1, -0.05) is 0 Å². The van der Waals surface area contributed by atoms with E-state index in [4.69, 9.17) is 0 Å². The third-order valence-corrected chi connectivity index (χ3v) is 3.24. The van der Waals surface area contributed by atoms with Gasteiger partial charge in [0.25, 0.3) is 0 Å². The van der Waals surface area contributed by atoms with Crippen LogP contribution in [-0.2, 0) is 19.4 Å². The summed E-state index contributed by atoms with van der Waals surface area (Å²) in [6.07, 6.45) is 1.84. The van der Waals surface area contributed by atoms with Crippen LogP contribution < -0.4 is 0 Å². The van der Waals surface area contributed by atoms with E-state index in [-0.39, 0.29) is 12.8 Å². The number of hydrogen-bond donors (Lipinski definition) is 0. The first-order valence-corrected chi connectivity index (χ1v) is 5.62. The van der Waals surface area contributed by atoms with Gasteiger partial charge in [0.05, 0.1) is 0 Å². The molecule has 4 nitrogen and oxygen atoms in total. The summed E-state index contributed by atoms with van der Waals surface area (Å²) in [4.78, 5) is 22.1. The standard InChI is InChI=1S/C7H10O4S/c1-12(10,11)7-5(8)3-2-4-6(7)9/h7H,2-4H2,1H3. The largest absolute Gasteiger partial charge is 0.298 e. The van der Waals surface area contributed by atoms with Gasteiger partial charge in [-0.05, 0) is 6.42 Å². The highest BCUT2D eigenvalue weighted by molar-refractivity contribution is 7.92. The molecule has 0 N–H and O–H groups in total. The zero-order valence-electron chi connectivity index (χ0n) is 6.74. The van der Waals surface area contributed by atoms with Crippen molar-refractivity contribution in [2.45, 2.75) is 24.5 Å². The fourth-order valence-corrected chi connectivity index (χ4v) is 2.55. The van der Waals surface area contributed by atoms with Crippen LogP contribution >= 0.6 is 0 Å². The Labute approximate surface area is 70.9 Å². The SMILES string of the molecule is CS(=O)(=O)C1C(=O)CCCC1=O. The lowest BCUT2D eigenvalue weighted by molar-refractivity contribution is -0.128. The average molecular weight is 190 g/mol. The molecule has 0 unspecified atom stereocenters. The van der Waals surface area contributed by atoms with E-state index in [9.17, 15) is 18.0 Å². The minimum Gasteiger partial charge on any atom is -0.298 e. The van der Waals surface area contributed by atoms with Crippen LogP contribution in [0.15, 0.2) is 0 Å². The highest BCUT2D eigenvalue weighted by atomic mass is 32.2. The molecule has 0 aromatic heterocycles. The smallest absolute Gasteiger partial charge is 0.177 e. The summed E-state index contributed by atoms with van der Waals surface area (Å²) >= 11 is 0. The zero-order valence-corrected chi connectivity index (χ0v) is 7.56. The maximum atomic E-state index is 11.1. The van der Waals surface area contributed by atoms with Crippen molar-refractivity contribution in [2.24, 2.45) is 0 Å². The van der Waals surface area contributed by atoms with E-state index in [0.717, 1.165) is 6.26 Å². The molecule has 0 radical (unpaired) electrons. The van der Waals surface area contributed by atoms with Crippen LogP contribution in [0.25, 0.3) is 0 Å². The molecule has 1 saturated carbocycles. The zero-order chi connectivity index (χ0) is 9.35. The number of carbonyl (C=O) groups is 2. The first kappa shape index (κ1) is 9.38. The van der Waals surface area contributed by atoms with E-state index >= 15 is 0 Å². The van der Waals surface area contributed by atoms with Crippen molar-refractivity contribution in [3.05, 3.63) is 0 Å². The van der Waals surface area contributed by atoms with E-state index in [1.54, 1.807) is 0 Å². The molecule has 0 bridgehead atoms. The summed E-state index contributed by atoms with van der Waals surface area (Å²) in [5.74, 6) is -0.900. The predicted octanol–water partition coefficient (Wildman–Crippen LogP) is -0.278. The lowest BCUT2D eigenvalue weighted by Gasteiger charge is -2.16. The fourth-order valence-electron chi connectivity index (χ4n) is 1.36. The van der Waals surface area contributed by atoms with Gasteiger partial charge in [0.1, 0.15) is 0 Å². The van der Waals surface area contributed by atoms with Crippen LogP contribution in [0.2, 0.25) is 0 Å². The first-order chi connectivity index (χ1) is 5.43. The summed E-state index contributed by atoms with van der Waals surface area (Å²) in [7, 11) is -3.52. The van der Waals surface area contributed by atoms with Gasteiger partial charge in [0.15, 0.2) is 26.7 Å². The van der Waals surface area contributed by atoms with Crippen LogP contribution in [0.3, 0.4) is 0 Å². The van der Waals surface area contributed by atoms with Crippen LogP contribution in [0, 0.1) is 0 Å². The quantitative estimate of drug-likeness (QED) is 0.533. The summed E-state index contributed by atoms with van der Waals surface area (Å²) in [6, 6.07) is 0. The number of hydrogen-bond acceptors (Lipinski definition) is 4. The summed E-state index contributed by atoms with van der Waals surface area (Å²) in [6.45, 7) is 0. The van der Waals surface area contributed by atoms with E-state index in [1.165, 1.54) is 0 Å². The molecule has 5 heteroatoms. The fraction of sp³-hybridized carbons (Fsp3) is 0.714. The van der Waals surface area contributed by atoms with Crippen molar-refractivity contribution in [3.8, 4) is 0 Å². The topological polar surface area (TPSA) is 68.3 Å². The van der Waals surface area contributed by atoms with Gasteiger partial charge < -0.3 is 0 Å². The lowest BCUT2D eigenvalue weighted by atomic mass is 9.98. The average Bonchev–Trinajstić information content (AvgIpc) is 1.82. The van der Waals surface area contributed by atoms with Crippen molar-refractivity contribution in [1.82, 2.24) is 0 Å². The second-order valence-electron chi connectivity index (χ2n) is 3.00. The molecule has 0 aromatic carbocycles. The molecule has 0 aromatic rings. The number of ketones is 2. The van der Waals surface area contributed by atoms with Crippen LogP contribution in [0.5, 0.6) is 0 Å². The highest BCUT2D eigenvalue weighted by Crippen LogP contribution is 2.16. The summed E-state index contributed by atoms with van der Waals surface area (Å²) in [5, 5.41) is -1.37. The second-order valence-corrected chi connectivity index (χ2v) is 5.13. The maximum Gasteiger partial charge on any atom is 0.177 e. The molecule has 0 atom stereocenters. The second kappa shape index (κ2) is 2.97. The minimum atomic E-state index is -3.52. The highest BCUT2D eigenvalue weighted by Gasteiger charge is 2.37. The van der Waals surface area contributed by atoms with Crippen molar-refractivity contribution in [3.63, 3.8) is 0 Å². The molecule has 0 saturated heterocycles. The monoisotopic (exact) mass is 190 g/mol. The molecule has 12 heavy (non-hydrogen) atoms. The third-order valence-electron chi connectivity index (χ3n) is 1.86. The van der Waals surface area contributed by atoms with Gasteiger partial charge in [0, 0.05) is 19.1 Å². The maximum absolute atomic E-state index is 11.1. The van der Waals surface area contributed by atoms with E-state index in [2.05, 4.69) is 0 Å². The van der Waals surface area contributed by atoms with Crippen molar-refractivity contribution in [1.29, 1.82) is 0 Å². The van der Waals surface area contributed by atoms with Crippen LogP contribution in [-0.4, -0.2) is 31.5 Å². The number of rotatable bonds is 1. The van der Waals surface area contributed by atoms with Gasteiger partial charge in [-0.3, -0.25) is 9.59 Å². The molecule has 1 aliphatic rings. The summed E-state index contributed by atoms with van der Waals surface area (Å²) in [5.41, 5.74) is 0. The molecule has 1 aliphatic carbocycles. The molecular weight excluding hydrogens is 180 g/mol. The Morgan fingerprint density at radius 1 is 1.17 bits per heavy atom.